The van der Waals surface area contributed by atoms with Crippen molar-refractivity contribution in [2.75, 3.05) is 19.0 Å². The van der Waals surface area contributed by atoms with Crippen LogP contribution in [0.1, 0.15) is 16.1 Å². The number of nitrogens with zero attached hydrogens (tertiary/aromatic N) is 2. The zero-order valence-corrected chi connectivity index (χ0v) is 11.5. The molecule has 0 atom stereocenters. The van der Waals surface area contributed by atoms with Crippen LogP contribution in [0, 0.1) is 11.8 Å². The molecule has 3 N–H and O–H groups in total. The number of methoxy groups -OCH3 is 1. The van der Waals surface area contributed by atoms with Crippen molar-refractivity contribution in [2.45, 2.75) is 0 Å². The summed E-state index contributed by atoms with van der Waals surface area (Å²) < 4.78 is 4.96. The average molecular weight is 282 g/mol. The number of aromatic nitrogens is 2. The van der Waals surface area contributed by atoms with Crippen LogP contribution in [-0.4, -0.2) is 29.5 Å². The van der Waals surface area contributed by atoms with E-state index < -0.39 is 0 Å². The Morgan fingerprint density at radius 1 is 1.38 bits per heavy atom. The molecule has 0 saturated carbocycles. The number of carbonyl (C=O) groups excluding carboxylic acids is 1. The SMILES string of the molecule is COc1ccc(NC(=O)c2ncccc2C#CCN)cn1. The summed E-state index contributed by atoms with van der Waals surface area (Å²) >= 11 is 0. The van der Waals surface area contributed by atoms with Gasteiger partial charge in [0.1, 0.15) is 5.69 Å². The summed E-state index contributed by atoms with van der Waals surface area (Å²) in [5.74, 6) is 5.65. The number of anilines is 1. The number of ether oxygens (including phenoxy) is 1. The molecule has 0 aliphatic rings. The van der Waals surface area contributed by atoms with E-state index in [-0.39, 0.29) is 18.1 Å². The highest BCUT2D eigenvalue weighted by molar-refractivity contribution is 6.04. The first-order valence-corrected chi connectivity index (χ1v) is 6.20. The second kappa shape index (κ2) is 7.03. The van der Waals surface area contributed by atoms with Gasteiger partial charge in [-0.25, -0.2) is 9.97 Å². The molecule has 21 heavy (non-hydrogen) atoms. The second-order valence-electron chi connectivity index (χ2n) is 3.95. The zero-order chi connectivity index (χ0) is 15.1. The molecule has 0 unspecified atom stereocenters. The summed E-state index contributed by atoms with van der Waals surface area (Å²) in [5, 5.41) is 2.71. The van der Waals surface area contributed by atoms with Crippen LogP contribution in [0.2, 0.25) is 0 Å². The van der Waals surface area contributed by atoms with Crippen LogP contribution >= 0.6 is 0 Å². The van der Waals surface area contributed by atoms with Crippen LogP contribution in [0.3, 0.4) is 0 Å². The van der Waals surface area contributed by atoms with Gasteiger partial charge < -0.3 is 15.8 Å². The molecule has 2 rings (SSSR count). The molecule has 0 aliphatic carbocycles. The number of pyridine rings is 2. The third kappa shape index (κ3) is 3.78. The maximum atomic E-state index is 12.2. The van der Waals surface area contributed by atoms with Crippen LogP contribution in [-0.2, 0) is 0 Å². The third-order valence-corrected chi connectivity index (χ3v) is 2.55. The topological polar surface area (TPSA) is 90.1 Å². The molecule has 6 nitrogen and oxygen atoms in total. The maximum absolute atomic E-state index is 12.2. The van der Waals surface area contributed by atoms with E-state index in [9.17, 15) is 4.79 Å². The minimum Gasteiger partial charge on any atom is -0.481 e. The van der Waals surface area contributed by atoms with Gasteiger partial charge in [-0.2, -0.15) is 0 Å². The van der Waals surface area contributed by atoms with Crippen molar-refractivity contribution in [2.24, 2.45) is 5.73 Å². The van der Waals surface area contributed by atoms with Crippen LogP contribution < -0.4 is 15.8 Å². The lowest BCUT2D eigenvalue weighted by molar-refractivity contribution is 0.102. The molecular formula is C15H14N4O2. The largest absolute Gasteiger partial charge is 0.481 e. The monoisotopic (exact) mass is 282 g/mol. The first-order chi connectivity index (χ1) is 10.2. The molecule has 0 bridgehead atoms. The number of amides is 1. The van der Waals surface area contributed by atoms with Gasteiger partial charge in [0.15, 0.2) is 0 Å². The first-order valence-electron chi connectivity index (χ1n) is 6.20. The van der Waals surface area contributed by atoms with Crippen molar-refractivity contribution < 1.29 is 9.53 Å². The van der Waals surface area contributed by atoms with Gasteiger partial charge in [-0.05, 0) is 18.2 Å². The summed E-state index contributed by atoms with van der Waals surface area (Å²) in [4.78, 5) is 20.3. The molecule has 2 aromatic heterocycles. The summed E-state index contributed by atoms with van der Waals surface area (Å²) in [7, 11) is 1.52. The van der Waals surface area contributed by atoms with E-state index >= 15 is 0 Å². The fourth-order valence-electron chi connectivity index (χ4n) is 1.60. The lowest BCUT2D eigenvalue weighted by Crippen LogP contribution is -2.15. The molecule has 0 radical (unpaired) electrons. The molecule has 0 spiro atoms. The second-order valence-corrected chi connectivity index (χ2v) is 3.95. The van der Waals surface area contributed by atoms with Crippen LogP contribution in [0.5, 0.6) is 5.88 Å². The van der Waals surface area contributed by atoms with Crippen LogP contribution in [0.25, 0.3) is 0 Å². The number of hydrogen-bond acceptors (Lipinski definition) is 5. The minimum absolute atomic E-state index is 0.221. The molecule has 106 valence electrons. The molecule has 1 amide bonds. The molecule has 2 aromatic rings. The molecule has 0 fully saturated rings. The number of hydrogen-bond donors (Lipinski definition) is 2. The molecule has 2 heterocycles. The quantitative estimate of drug-likeness (QED) is 0.821. The smallest absolute Gasteiger partial charge is 0.275 e. The van der Waals surface area contributed by atoms with Crippen molar-refractivity contribution in [3.05, 3.63) is 47.9 Å². The van der Waals surface area contributed by atoms with Gasteiger partial charge in [0.25, 0.3) is 5.91 Å². The molecule has 0 aromatic carbocycles. The number of nitrogens with two attached hydrogens (primary N) is 1. The van der Waals surface area contributed by atoms with Crippen molar-refractivity contribution >= 4 is 11.6 Å². The fraction of sp³-hybridized carbons (Fsp3) is 0.133. The Labute approximate surface area is 122 Å². The average Bonchev–Trinajstić information content (AvgIpc) is 2.54. The predicted molar refractivity (Wildman–Crippen MR) is 78.9 cm³/mol. The Balaban J connectivity index is 2.19. The van der Waals surface area contributed by atoms with Gasteiger partial charge in [0.05, 0.1) is 31.1 Å². The van der Waals surface area contributed by atoms with E-state index in [1.54, 1.807) is 24.3 Å². The van der Waals surface area contributed by atoms with Crippen molar-refractivity contribution in [3.63, 3.8) is 0 Å². The van der Waals surface area contributed by atoms with Gasteiger partial charge in [-0.1, -0.05) is 11.8 Å². The van der Waals surface area contributed by atoms with Crippen molar-refractivity contribution in [1.82, 2.24) is 9.97 Å². The van der Waals surface area contributed by atoms with E-state index in [1.807, 2.05) is 0 Å². The normalized spacial score (nSPS) is 9.43. The molecule has 0 aliphatic heterocycles. The fourth-order valence-corrected chi connectivity index (χ4v) is 1.60. The molecule has 6 heteroatoms. The Kier molecular flexibility index (Phi) is 4.85. The Bertz CT molecular complexity index is 687. The minimum atomic E-state index is -0.358. The van der Waals surface area contributed by atoms with Gasteiger partial charge in [0.2, 0.25) is 5.88 Å². The van der Waals surface area contributed by atoms with Gasteiger partial charge in [-0.15, -0.1) is 0 Å². The number of carbonyl (C=O) groups is 1. The van der Waals surface area contributed by atoms with Crippen molar-refractivity contribution in [1.29, 1.82) is 0 Å². The van der Waals surface area contributed by atoms with Crippen molar-refractivity contribution in [3.8, 4) is 17.7 Å². The predicted octanol–water partition coefficient (Wildman–Crippen LogP) is 1.05. The third-order valence-electron chi connectivity index (χ3n) is 2.55. The number of nitrogens with one attached hydrogen (secondary N) is 1. The number of rotatable bonds is 3. The highest BCUT2D eigenvalue weighted by Gasteiger charge is 2.12. The Morgan fingerprint density at radius 3 is 2.90 bits per heavy atom. The van der Waals surface area contributed by atoms with E-state index in [4.69, 9.17) is 10.5 Å². The zero-order valence-electron chi connectivity index (χ0n) is 11.5. The van der Waals surface area contributed by atoms with E-state index in [0.29, 0.717) is 17.1 Å². The lowest BCUT2D eigenvalue weighted by atomic mass is 10.2. The Hall–Kier alpha value is -2.91. The highest BCUT2D eigenvalue weighted by atomic mass is 16.5. The maximum Gasteiger partial charge on any atom is 0.275 e. The lowest BCUT2D eigenvalue weighted by Gasteiger charge is -2.06. The van der Waals surface area contributed by atoms with E-state index in [2.05, 4.69) is 27.1 Å². The standard InChI is InChI=1S/C15H14N4O2/c1-21-13-7-6-12(10-18-13)19-15(20)14-11(4-2-8-16)5-3-9-17-14/h3,5-7,9-10H,8,16H2,1H3,(H,19,20). The summed E-state index contributed by atoms with van der Waals surface area (Å²) in [6.07, 6.45) is 3.04. The summed E-state index contributed by atoms with van der Waals surface area (Å²) in [5.41, 5.74) is 6.66. The van der Waals surface area contributed by atoms with Crippen LogP contribution in [0.4, 0.5) is 5.69 Å². The summed E-state index contributed by atoms with van der Waals surface area (Å²) in [6, 6.07) is 6.78. The van der Waals surface area contributed by atoms with E-state index in [0.717, 1.165) is 0 Å². The molecule has 0 saturated heterocycles. The van der Waals surface area contributed by atoms with Gasteiger partial charge in [-0.3, -0.25) is 4.79 Å². The van der Waals surface area contributed by atoms with Gasteiger partial charge in [0, 0.05) is 12.3 Å². The molecular weight excluding hydrogens is 268 g/mol. The Morgan fingerprint density at radius 2 is 2.24 bits per heavy atom. The van der Waals surface area contributed by atoms with Crippen LogP contribution in [0.15, 0.2) is 36.7 Å². The van der Waals surface area contributed by atoms with E-state index in [1.165, 1.54) is 19.5 Å². The highest BCUT2D eigenvalue weighted by Crippen LogP contribution is 2.13. The first kappa shape index (κ1) is 14.5. The summed E-state index contributed by atoms with van der Waals surface area (Å²) in [6.45, 7) is 0.221. The van der Waals surface area contributed by atoms with Gasteiger partial charge >= 0.3 is 0 Å².